The Labute approximate surface area is 194 Å². The Morgan fingerprint density at radius 3 is 2.15 bits per heavy atom. The van der Waals surface area contributed by atoms with Gasteiger partial charge in [-0.2, -0.15) is 0 Å². The van der Waals surface area contributed by atoms with Crippen LogP contribution in [0.25, 0.3) is 0 Å². The average Bonchev–Trinajstić information content (AvgIpc) is 2.81. The Morgan fingerprint density at radius 2 is 1.55 bits per heavy atom. The lowest BCUT2D eigenvalue weighted by molar-refractivity contribution is -0.136. The van der Waals surface area contributed by atoms with Gasteiger partial charge in [0.15, 0.2) is 0 Å². The van der Waals surface area contributed by atoms with Gasteiger partial charge in [-0.1, -0.05) is 56.3 Å². The number of nitrogens with one attached hydrogen (secondary N) is 1. The minimum Gasteiger partial charge on any atom is -0.507 e. The standard InChI is InChI=1S/C25H25NO5.C2H6/c1-16-12-19(8-11-23(28)29)13-17(2)24(16)31-20-9-10-22(27)21(14-20)25(30)26-15-18-6-4-3-5-7-18;1-2/h3-7,9-10,12-14,27H,8,11,15H2,1-2H3,(H,26,30)(H,28,29);1-2H3. The quantitative estimate of drug-likeness (QED) is 0.405. The summed E-state index contributed by atoms with van der Waals surface area (Å²) in [7, 11) is 0. The van der Waals surface area contributed by atoms with Gasteiger partial charge in [0.25, 0.3) is 5.91 Å². The minimum atomic E-state index is -0.835. The van der Waals surface area contributed by atoms with E-state index >= 15 is 0 Å². The van der Waals surface area contributed by atoms with Gasteiger partial charge in [0, 0.05) is 13.0 Å². The summed E-state index contributed by atoms with van der Waals surface area (Å²) in [5.74, 6) is -0.301. The third kappa shape index (κ3) is 7.38. The van der Waals surface area contributed by atoms with E-state index in [-0.39, 0.29) is 17.7 Å². The van der Waals surface area contributed by atoms with Crippen LogP contribution < -0.4 is 10.1 Å². The van der Waals surface area contributed by atoms with Crippen LogP contribution in [0.4, 0.5) is 0 Å². The van der Waals surface area contributed by atoms with Crippen molar-refractivity contribution in [3.8, 4) is 17.2 Å². The van der Waals surface area contributed by atoms with Crippen molar-refractivity contribution in [2.24, 2.45) is 0 Å². The highest BCUT2D eigenvalue weighted by Crippen LogP contribution is 2.32. The van der Waals surface area contributed by atoms with Crippen molar-refractivity contribution in [3.63, 3.8) is 0 Å². The molecule has 0 aliphatic carbocycles. The second-order valence-corrected chi connectivity index (χ2v) is 7.40. The molecule has 0 unspecified atom stereocenters. The summed E-state index contributed by atoms with van der Waals surface area (Å²) in [6.07, 6.45) is 0.515. The predicted molar refractivity (Wildman–Crippen MR) is 129 cm³/mol. The number of hydrogen-bond acceptors (Lipinski definition) is 4. The summed E-state index contributed by atoms with van der Waals surface area (Å²) >= 11 is 0. The van der Waals surface area contributed by atoms with E-state index in [1.54, 1.807) is 6.07 Å². The fraction of sp³-hybridized carbons (Fsp3) is 0.259. The molecule has 3 aromatic rings. The number of carbonyl (C=O) groups excluding carboxylic acids is 1. The second-order valence-electron chi connectivity index (χ2n) is 7.40. The van der Waals surface area contributed by atoms with Crippen molar-refractivity contribution >= 4 is 11.9 Å². The van der Waals surface area contributed by atoms with Gasteiger partial charge in [-0.15, -0.1) is 0 Å². The molecule has 174 valence electrons. The van der Waals surface area contributed by atoms with E-state index in [0.717, 1.165) is 22.3 Å². The smallest absolute Gasteiger partial charge is 0.303 e. The molecule has 33 heavy (non-hydrogen) atoms. The molecule has 3 rings (SSSR count). The van der Waals surface area contributed by atoms with Crippen LogP contribution in [-0.4, -0.2) is 22.1 Å². The molecule has 1 amide bonds. The van der Waals surface area contributed by atoms with Gasteiger partial charge in [-0.05, 0) is 60.7 Å². The number of rotatable bonds is 8. The van der Waals surface area contributed by atoms with Crippen molar-refractivity contribution in [2.75, 3.05) is 0 Å². The van der Waals surface area contributed by atoms with Crippen molar-refractivity contribution in [1.82, 2.24) is 5.32 Å². The van der Waals surface area contributed by atoms with Gasteiger partial charge in [0.2, 0.25) is 0 Å². The van der Waals surface area contributed by atoms with E-state index in [2.05, 4.69) is 5.32 Å². The molecule has 6 heteroatoms. The number of benzene rings is 3. The molecule has 0 spiro atoms. The van der Waals surface area contributed by atoms with E-state index in [9.17, 15) is 14.7 Å². The molecule has 6 nitrogen and oxygen atoms in total. The number of amides is 1. The molecule has 0 aliphatic rings. The van der Waals surface area contributed by atoms with Gasteiger partial charge >= 0.3 is 5.97 Å². The van der Waals surface area contributed by atoms with E-state index in [1.165, 1.54) is 12.1 Å². The van der Waals surface area contributed by atoms with Crippen molar-refractivity contribution in [2.45, 2.75) is 47.1 Å². The fourth-order valence-electron chi connectivity index (χ4n) is 3.35. The van der Waals surface area contributed by atoms with Crippen LogP contribution in [0.2, 0.25) is 0 Å². The Bertz CT molecular complexity index is 1070. The molecule has 3 aromatic carbocycles. The summed E-state index contributed by atoms with van der Waals surface area (Å²) in [5.41, 5.74) is 3.74. The van der Waals surface area contributed by atoms with Crippen LogP contribution >= 0.6 is 0 Å². The molecule has 0 aliphatic heterocycles. The molecule has 0 bridgehead atoms. The molecule has 0 saturated heterocycles. The zero-order valence-corrected chi connectivity index (χ0v) is 19.5. The maximum absolute atomic E-state index is 12.6. The minimum absolute atomic E-state index is 0.0680. The molecule has 0 atom stereocenters. The Kier molecular flexibility index (Phi) is 9.48. The van der Waals surface area contributed by atoms with Gasteiger partial charge in [0.1, 0.15) is 17.2 Å². The molecule has 0 aromatic heterocycles. The van der Waals surface area contributed by atoms with Crippen LogP contribution in [0.1, 0.15) is 52.9 Å². The third-order valence-electron chi connectivity index (χ3n) is 4.88. The molecule has 3 N–H and O–H groups in total. The number of aromatic hydroxyl groups is 1. The van der Waals surface area contributed by atoms with E-state index in [4.69, 9.17) is 9.84 Å². The van der Waals surface area contributed by atoms with Crippen molar-refractivity contribution in [1.29, 1.82) is 0 Å². The van der Waals surface area contributed by atoms with Crippen molar-refractivity contribution < 1.29 is 24.5 Å². The number of aliphatic carboxylic acids is 1. The molecule has 0 heterocycles. The van der Waals surface area contributed by atoms with Crippen LogP contribution in [0.3, 0.4) is 0 Å². The zero-order chi connectivity index (χ0) is 24.4. The number of carbonyl (C=O) groups is 2. The molecule has 0 radical (unpaired) electrons. The van der Waals surface area contributed by atoms with E-state index < -0.39 is 11.9 Å². The normalized spacial score (nSPS) is 10.1. The number of phenolic OH excluding ortho intramolecular Hbond substituents is 1. The maximum Gasteiger partial charge on any atom is 0.303 e. The lowest BCUT2D eigenvalue weighted by atomic mass is 10.0. The van der Waals surface area contributed by atoms with Crippen LogP contribution in [0.15, 0.2) is 60.7 Å². The Hall–Kier alpha value is -3.80. The van der Waals surface area contributed by atoms with Gasteiger partial charge in [-0.25, -0.2) is 0 Å². The van der Waals surface area contributed by atoms with Crippen LogP contribution in [0, 0.1) is 13.8 Å². The number of carboxylic acid groups (broad SMARTS) is 1. The average molecular weight is 450 g/mol. The van der Waals surface area contributed by atoms with Gasteiger partial charge < -0.3 is 20.3 Å². The lowest BCUT2D eigenvalue weighted by Crippen LogP contribution is -2.22. The number of carboxylic acids is 1. The summed E-state index contributed by atoms with van der Waals surface area (Å²) in [6, 6.07) is 17.8. The predicted octanol–water partition coefficient (Wildman–Crippen LogP) is 5.77. The summed E-state index contributed by atoms with van der Waals surface area (Å²) in [6.45, 7) is 8.13. The van der Waals surface area contributed by atoms with Crippen LogP contribution in [0.5, 0.6) is 17.2 Å². The molecule has 0 fully saturated rings. The lowest BCUT2D eigenvalue weighted by Gasteiger charge is -2.15. The first-order valence-corrected chi connectivity index (χ1v) is 11.0. The fourth-order valence-corrected chi connectivity index (χ4v) is 3.35. The molecular formula is C27H31NO5. The topological polar surface area (TPSA) is 95.9 Å². The summed E-state index contributed by atoms with van der Waals surface area (Å²) in [5, 5.41) is 21.8. The number of hydrogen-bond donors (Lipinski definition) is 3. The Morgan fingerprint density at radius 1 is 0.909 bits per heavy atom. The van der Waals surface area contributed by atoms with E-state index in [0.29, 0.717) is 24.5 Å². The van der Waals surface area contributed by atoms with Gasteiger partial charge in [0.05, 0.1) is 5.56 Å². The number of aryl methyl sites for hydroxylation is 3. The van der Waals surface area contributed by atoms with Crippen LogP contribution in [-0.2, 0) is 17.8 Å². The largest absolute Gasteiger partial charge is 0.507 e. The monoisotopic (exact) mass is 449 g/mol. The number of ether oxygens (including phenoxy) is 1. The summed E-state index contributed by atoms with van der Waals surface area (Å²) in [4.78, 5) is 23.4. The first-order chi connectivity index (χ1) is 15.8. The molecular weight excluding hydrogens is 418 g/mol. The zero-order valence-electron chi connectivity index (χ0n) is 19.5. The van der Waals surface area contributed by atoms with E-state index in [1.807, 2.05) is 70.2 Å². The highest BCUT2D eigenvalue weighted by atomic mass is 16.5. The third-order valence-corrected chi connectivity index (χ3v) is 4.88. The Balaban J connectivity index is 0.00000187. The first kappa shape index (κ1) is 25.5. The number of phenols is 1. The summed E-state index contributed by atoms with van der Waals surface area (Å²) < 4.78 is 6.02. The van der Waals surface area contributed by atoms with Crippen molar-refractivity contribution in [3.05, 3.63) is 88.5 Å². The highest BCUT2D eigenvalue weighted by molar-refractivity contribution is 5.97. The highest BCUT2D eigenvalue weighted by Gasteiger charge is 2.15. The van der Waals surface area contributed by atoms with Gasteiger partial charge in [-0.3, -0.25) is 9.59 Å². The SMILES string of the molecule is CC.Cc1cc(CCC(=O)O)cc(C)c1Oc1ccc(O)c(C(=O)NCc2ccccc2)c1. The maximum atomic E-state index is 12.6. The molecule has 0 saturated carbocycles. The second kappa shape index (κ2) is 12.3. The first-order valence-electron chi connectivity index (χ1n) is 11.0.